The highest BCUT2D eigenvalue weighted by Gasteiger charge is 2.63. The molecule has 1 amide bonds. The summed E-state index contributed by atoms with van der Waals surface area (Å²) in [5.41, 5.74) is 0.0889. The maximum atomic E-state index is 12.2. The molecule has 10 nitrogen and oxygen atoms in total. The standard InChI is InChI=1S/C26H45NO9S2/c1-16(4-7-23(29)27-12-13-37(30,31)32)19-5-6-20-24-21(9-11-26(19,20)3)25(2)10-8-18(36-38(33,34)35)14-17(25)15-22(24)28/h16-22,24,28H,4-15H2,1-3H3,(H,27,29)(H,30,31,32)(H,33,34,35)/t16-,17-,18-,19-,20?,21?,22?,24?,25-,26-/m1/s1. The summed E-state index contributed by atoms with van der Waals surface area (Å²) in [6.45, 7) is 6.77. The molecule has 4 unspecified atom stereocenters. The van der Waals surface area contributed by atoms with Crippen molar-refractivity contribution in [3.63, 3.8) is 0 Å². The van der Waals surface area contributed by atoms with Gasteiger partial charge in [-0.2, -0.15) is 16.8 Å². The van der Waals surface area contributed by atoms with E-state index in [-0.39, 0.29) is 35.1 Å². The van der Waals surface area contributed by atoms with Crippen LogP contribution < -0.4 is 5.32 Å². The molecular weight excluding hydrogens is 534 g/mol. The van der Waals surface area contributed by atoms with Gasteiger partial charge in [0, 0.05) is 13.0 Å². The highest BCUT2D eigenvalue weighted by atomic mass is 32.3. The number of fused-ring (bicyclic) bond motifs is 5. The molecule has 4 saturated carbocycles. The third kappa shape index (κ3) is 6.25. The Kier molecular flexibility index (Phi) is 8.65. The zero-order valence-electron chi connectivity index (χ0n) is 22.7. The van der Waals surface area contributed by atoms with Crippen LogP contribution in [-0.4, -0.2) is 61.5 Å². The van der Waals surface area contributed by atoms with Crippen LogP contribution in [0.4, 0.5) is 0 Å². The highest BCUT2D eigenvalue weighted by molar-refractivity contribution is 7.85. The lowest BCUT2D eigenvalue weighted by Gasteiger charge is -2.62. The predicted molar refractivity (Wildman–Crippen MR) is 141 cm³/mol. The number of aliphatic hydroxyl groups is 1. The van der Waals surface area contributed by atoms with E-state index in [1.807, 2.05) is 0 Å². The van der Waals surface area contributed by atoms with Crippen LogP contribution in [0.15, 0.2) is 0 Å². The minimum Gasteiger partial charge on any atom is -0.393 e. The number of hydrogen-bond acceptors (Lipinski definition) is 7. The monoisotopic (exact) mass is 579 g/mol. The molecule has 0 aliphatic heterocycles. The van der Waals surface area contributed by atoms with Gasteiger partial charge in [-0.15, -0.1) is 0 Å². The topological polar surface area (TPSA) is 167 Å². The number of aliphatic hydroxyl groups excluding tert-OH is 1. The van der Waals surface area contributed by atoms with Gasteiger partial charge >= 0.3 is 10.4 Å². The average Bonchev–Trinajstić information content (AvgIpc) is 3.14. The van der Waals surface area contributed by atoms with Gasteiger partial charge in [0.2, 0.25) is 5.91 Å². The largest absolute Gasteiger partial charge is 0.397 e. The Bertz CT molecular complexity index is 1100. The SMILES string of the molecule is C[C@H](CCC(=O)NCCS(=O)(=O)O)[C@H]1CCC2C3C(O)C[C@H]4C[C@H](OS(=O)(=O)O)CC[C@@]4(C)C3CC[C@@]21C. The number of amides is 1. The number of nitrogens with one attached hydrogen (secondary N) is 1. The predicted octanol–water partition coefficient (Wildman–Crippen LogP) is 3.22. The fourth-order valence-electron chi connectivity index (χ4n) is 9.39. The van der Waals surface area contributed by atoms with E-state index in [1.54, 1.807) is 0 Å². The molecule has 0 heterocycles. The van der Waals surface area contributed by atoms with Gasteiger partial charge in [0.15, 0.2) is 0 Å². The van der Waals surface area contributed by atoms with Crippen molar-refractivity contribution in [1.29, 1.82) is 0 Å². The summed E-state index contributed by atoms with van der Waals surface area (Å²) in [6, 6.07) is 0. The lowest BCUT2D eigenvalue weighted by atomic mass is 9.43. The lowest BCUT2D eigenvalue weighted by Crippen LogP contribution is -2.58. The normalized spacial score (nSPS) is 42.0. The first-order valence-electron chi connectivity index (χ1n) is 14.1. The summed E-state index contributed by atoms with van der Waals surface area (Å²) in [6.07, 6.45) is 6.79. The molecule has 0 aromatic heterocycles. The van der Waals surface area contributed by atoms with Gasteiger partial charge in [0.05, 0.1) is 18.0 Å². The molecule has 220 valence electrons. The third-order valence-corrected chi connectivity index (χ3v) is 12.4. The smallest absolute Gasteiger partial charge is 0.393 e. The van der Waals surface area contributed by atoms with E-state index >= 15 is 0 Å². The van der Waals surface area contributed by atoms with Gasteiger partial charge in [-0.3, -0.25) is 13.9 Å². The van der Waals surface area contributed by atoms with Crippen molar-refractivity contribution in [2.45, 2.75) is 97.2 Å². The third-order valence-electron chi connectivity index (χ3n) is 11.2. The second-order valence-electron chi connectivity index (χ2n) is 13.1. The van der Waals surface area contributed by atoms with Crippen LogP contribution in [-0.2, 0) is 29.5 Å². The molecule has 0 aromatic rings. The van der Waals surface area contributed by atoms with Gasteiger partial charge in [-0.1, -0.05) is 20.8 Å². The summed E-state index contributed by atoms with van der Waals surface area (Å²) in [5.74, 6) is 1.17. The van der Waals surface area contributed by atoms with Crippen LogP contribution in [0.1, 0.15) is 85.0 Å². The summed E-state index contributed by atoms with van der Waals surface area (Å²) < 4.78 is 67.2. The summed E-state index contributed by atoms with van der Waals surface area (Å²) in [4.78, 5) is 12.2. The molecule has 12 heteroatoms. The van der Waals surface area contributed by atoms with Crippen LogP contribution in [0.3, 0.4) is 0 Å². The van der Waals surface area contributed by atoms with E-state index in [2.05, 4.69) is 26.1 Å². The van der Waals surface area contributed by atoms with E-state index in [9.17, 15) is 26.7 Å². The Labute approximate surface area is 227 Å². The van der Waals surface area contributed by atoms with E-state index in [1.165, 1.54) is 0 Å². The van der Waals surface area contributed by atoms with Gasteiger partial charge < -0.3 is 10.4 Å². The van der Waals surface area contributed by atoms with Crippen molar-refractivity contribution in [2.24, 2.45) is 46.3 Å². The van der Waals surface area contributed by atoms with E-state index in [4.69, 9.17) is 13.3 Å². The first kappa shape index (κ1) is 30.2. The Morgan fingerprint density at radius 1 is 1.00 bits per heavy atom. The van der Waals surface area contributed by atoms with Crippen molar-refractivity contribution in [2.75, 3.05) is 12.3 Å². The van der Waals surface area contributed by atoms with Crippen LogP contribution >= 0.6 is 0 Å². The molecule has 0 radical (unpaired) electrons. The first-order valence-corrected chi connectivity index (χ1v) is 17.1. The molecular formula is C26H45NO9S2. The molecule has 4 rings (SSSR count). The van der Waals surface area contributed by atoms with Gasteiger partial charge in [0.1, 0.15) is 0 Å². The summed E-state index contributed by atoms with van der Waals surface area (Å²) in [5, 5.41) is 14.0. The van der Waals surface area contributed by atoms with E-state index in [0.29, 0.717) is 55.8 Å². The highest BCUT2D eigenvalue weighted by Crippen LogP contribution is 2.68. The molecule has 4 fully saturated rings. The fraction of sp³-hybridized carbons (Fsp3) is 0.962. The number of rotatable bonds is 9. The fourth-order valence-corrected chi connectivity index (χ4v) is 10.3. The number of hydrogen-bond donors (Lipinski definition) is 4. The maximum Gasteiger partial charge on any atom is 0.397 e. The van der Waals surface area contributed by atoms with Crippen LogP contribution in [0, 0.1) is 46.3 Å². The zero-order valence-corrected chi connectivity index (χ0v) is 24.3. The number of carbonyl (C=O) groups is 1. The van der Waals surface area contributed by atoms with Crippen molar-refractivity contribution in [3.8, 4) is 0 Å². The quantitative estimate of drug-likeness (QED) is 0.300. The van der Waals surface area contributed by atoms with Crippen molar-refractivity contribution in [3.05, 3.63) is 0 Å². The molecule has 38 heavy (non-hydrogen) atoms. The minimum absolute atomic E-state index is 0.00808. The van der Waals surface area contributed by atoms with Gasteiger partial charge in [-0.05, 0) is 104 Å². The molecule has 4 N–H and O–H groups in total. The van der Waals surface area contributed by atoms with E-state index in [0.717, 1.165) is 32.1 Å². The summed E-state index contributed by atoms with van der Waals surface area (Å²) >= 11 is 0. The minimum atomic E-state index is -4.50. The molecule has 0 saturated heterocycles. The average molecular weight is 580 g/mol. The Hall–Kier alpha value is -0.790. The van der Waals surface area contributed by atoms with Crippen LogP contribution in [0.2, 0.25) is 0 Å². The first-order chi connectivity index (χ1) is 17.5. The maximum absolute atomic E-state index is 12.2. The zero-order chi connectivity index (χ0) is 28.1. The Morgan fingerprint density at radius 2 is 1.66 bits per heavy atom. The van der Waals surface area contributed by atoms with Crippen molar-refractivity contribution < 1.29 is 40.0 Å². The van der Waals surface area contributed by atoms with Crippen molar-refractivity contribution >= 4 is 26.4 Å². The van der Waals surface area contributed by atoms with Gasteiger partial charge in [-0.25, -0.2) is 4.18 Å². The van der Waals surface area contributed by atoms with E-state index < -0.39 is 38.5 Å². The van der Waals surface area contributed by atoms with Crippen LogP contribution in [0.5, 0.6) is 0 Å². The molecule has 0 bridgehead atoms. The molecule has 4 aliphatic rings. The van der Waals surface area contributed by atoms with Gasteiger partial charge in [0.25, 0.3) is 10.1 Å². The Balaban J connectivity index is 1.39. The van der Waals surface area contributed by atoms with Crippen molar-refractivity contribution in [1.82, 2.24) is 5.32 Å². The second kappa shape index (κ2) is 10.9. The number of carbonyl (C=O) groups excluding carboxylic acids is 1. The molecule has 0 aromatic carbocycles. The molecule has 0 spiro atoms. The Morgan fingerprint density at radius 3 is 2.32 bits per heavy atom. The van der Waals surface area contributed by atoms with Crippen LogP contribution in [0.25, 0.3) is 0 Å². The molecule has 4 aliphatic carbocycles. The molecule has 10 atom stereocenters. The lowest BCUT2D eigenvalue weighted by molar-refractivity contribution is -0.172. The second-order valence-corrected chi connectivity index (χ2v) is 15.7. The summed E-state index contributed by atoms with van der Waals surface area (Å²) in [7, 11) is -8.59.